The Balaban J connectivity index is 2.88. The highest BCUT2D eigenvalue weighted by Gasteiger charge is 2.16. The Morgan fingerprint density at radius 1 is 1.53 bits per heavy atom. The van der Waals surface area contributed by atoms with E-state index >= 15 is 0 Å². The minimum Gasteiger partial charge on any atom is -0.469 e. The summed E-state index contributed by atoms with van der Waals surface area (Å²) in [6.07, 6.45) is 0.201. The molecule has 17 heavy (non-hydrogen) atoms. The van der Waals surface area contributed by atoms with E-state index in [0.29, 0.717) is 12.1 Å². The van der Waals surface area contributed by atoms with Gasteiger partial charge in [0.15, 0.2) is 0 Å². The van der Waals surface area contributed by atoms with Gasteiger partial charge in [-0.2, -0.15) is 0 Å². The van der Waals surface area contributed by atoms with Gasteiger partial charge in [-0.3, -0.25) is 4.79 Å². The fraction of sp³-hybridized carbons (Fsp3) is 0.462. The maximum atomic E-state index is 13.5. The number of ether oxygens (including phenoxy) is 1. The average molecular weight is 239 g/mol. The third-order valence-electron chi connectivity index (χ3n) is 2.65. The second-order valence-electron chi connectivity index (χ2n) is 3.90. The van der Waals surface area contributed by atoms with Crippen LogP contribution in [0.1, 0.15) is 30.5 Å². The molecule has 0 aliphatic rings. The van der Waals surface area contributed by atoms with Gasteiger partial charge in [-0.15, -0.1) is 0 Å². The molecular formula is C13H18FNO2. The number of nitrogens with one attached hydrogen (secondary N) is 1. The average Bonchev–Trinajstić information content (AvgIpc) is 2.32. The standard InChI is InChI=1S/C13H18FNO2/c1-4-15-12(8-13(16)17-3)10-6-5-9(2)11(14)7-10/h5-7,12,15H,4,8H2,1-3H3. The monoisotopic (exact) mass is 239 g/mol. The number of carbonyl (C=O) groups is 1. The van der Waals surface area contributed by atoms with E-state index in [1.807, 2.05) is 13.0 Å². The first-order valence-corrected chi connectivity index (χ1v) is 5.64. The van der Waals surface area contributed by atoms with Gasteiger partial charge in [0, 0.05) is 6.04 Å². The molecule has 1 atom stereocenters. The fourth-order valence-corrected chi connectivity index (χ4v) is 1.63. The van der Waals surface area contributed by atoms with Crippen LogP contribution in [0.25, 0.3) is 0 Å². The van der Waals surface area contributed by atoms with Crippen LogP contribution in [0.5, 0.6) is 0 Å². The molecule has 1 rings (SSSR count). The van der Waals surface area contributed by atoms with E-state index in [-0.39, 0.29) is 24.2 Å². The molecule has 0 saturated carbocycles. The Bertz CT molecular complexity index is 393. The predicted octanol–water partition coefficient (Wildman–Crippen LogP) is 2.35. The Morgan fingerprint density at radius 2 is 2.24 bits per heavy atom. The lowest BCUT2D eigenvalue weighted by atomic mass is 10.0. The number of esters is 1. The lowest BCUT2D eigenvalue weighted by molar-refractivity contribution is -0.141. The van der Waals surface area contributed by atoms with Gasteiger partial charge in [0.25, 0.3) is 0 Å². The van der Waals surface area contributed by atoms with Gasteiger partial charge < -0.3 is 10.1 Å². The zero-order chi connectivity index (χ0) is 12.8. The summed E-state index contributed by atoms with van der Waals surface area (Å²) >= 11 is 0. The lowest BCUT2D eigenvalue weighted by Gasteiger charge is -2.17. The Hall–Kier alpha value is -1.42. The van der Waals surface area contributed by atoms with Crippen molar-refractivity contribution in [1.29, 1.82) is 0 Å². The molecule has 94 valence electrons. The number of halogens is 1. The number of rotatable bonds is 5. The maximum absolute atomic E-state index is 13.5. The van der Waals surface area contributed by atoms with Crippen molar-refractivity contribution in [2.45, 2.75) is 26.3 Å². The lowest BCUT2D eigenvalue weighted by Crippen LogP contribution is -2.24. The second kappa shape index (κ2) is 6.35. The second-order valence-corrected chi connectivity index (χ2v) is 3.90. The van der Waals surface area contributed by atoms with Crippen LogP contribution >= 0.6 is 0 Å². The summed E-state index contributed by atoms with van der Waals surface area (Å²) in [6, 6.07) is 4.80. The summed E-state index contributed by atoms with van der Waals surface area (Å²) in [5.74, 6) is -0.563. The molecule has 0 radical (unpaired) electrons. The summed E-state index contributed by atoms with van der Waals surface area (Å²) in [5, 5.41) is 3.14. The van der Waals surface area contributed by atoms with Crippen molar-refractivity contribution in [3.63, 3.8) is 0 Å². The van der Waals surface area contributed by atoms with E-state index in [1.165, 1.54) is 13.2 Å². The van der Waals surface area contributed by atoms with Crippen molar-refractivity contribution >= 4 is 5.97 Å². The number of carbonyl (C=O) groups excluding carboxylic acids is 1. The number of benzene rings is 1. The van der Waals surface area contributed by atoms with E-state index < -0.39 is 0 Å². The first-order chi connectivity index (χ1) is 8.08. The maximum Gasteiger partial charge on any atom is 0.307 e. The van der Waals surface area contributed by atoms with Gasteiger partial charge >= 0.3 is 5.97 Å². The van der Waals surface area contributed by atoms with Gasteiger partial charge in [0.1, 0.15) is 5.82 Å². The highest BCUT2D eigenvalue weighted by atomic mass is 19.1. The summed E-state index contributed by atoms with van der Waals surface area (Å²) < 4.78 is 18.1. The molecular weight excluding hydrogens is 221 g/mol. The first kappa shape index (κ1) is 13.6. The first-order valence-electron chi connectivity index (χ1n) is 5.64. The molecule has 1 aromatic carbocycles. The minimum atomic E-state index is -0.308. The third kappa shape index (κ3) is 3.82. The Morgan fingerprint density at radius 3 is 2.76 bits per heavy atom. The van der Waals surface area contributed by atoms with Crippen LogP contribution in [-0.4, -0.2) is 19.6 Å². The topological polar surface area (TPSA) is 38.3 Å². The van der Waals surface area contributed by atoms with Crippen LogP contribution in [0.15, 0.2) is 18.2 Å². The fourth-order valence-electron chi connectivity index (χ4n) is 1.63. The zero-order valence-electron chi connectivity index (χ0n) is 10.4. The van der Waals surface area contributed by atoms with Crippen LogP contribution in [0.4, 0.5) is 4.39 Å². The van der Waals surface area contributed by atoms with Crippen molar-refractivity contribution in [3.8, 4) is 0 Å². The highest BCUT2D eigenvalue weighted by molar-refractivity contribution is 5.70. The van der Waals surface area contributed by atoms with E-state index in [1.54, 1.807) is 13.0 Å². The minimum absolute atomic E-state index is 0.201. The molecule has 1 unspecified atom stereocenters. The van der Waals surface area contributed by atoms with Gasteiger partial charge in [-0.25, -0.2) is 4.39 Å². The molecule has 0 aliphatic carbocycles. The van der Waals surface area contributed by atoms with Crippen LogP contribution in [-0.2, 0) is 9.53 Å². The van der Waals surface area contributed by atoms with E-state index in [2.05, 4.69) is 10.1 Å². The SMILES string of the molecule is CCNC(CC(=O)OC)c1ccc(C)c(F)c1. The van der Waals surface area contributed by atoms with Gasteiger partial charge in [0.05, 0.1) is 13.5 Å². The summed E-state index contributed by atoms with van der Waals surface area (Å²) in [7, 11) is 1.35. The quantitative estimate of drug-likeness (QED) is 0.801. The van der Waals surface area contributed by atoms with Crippen LogP contribution in [0.2, 0.25) is 0 Å². The molecule has 1 aromatic rings. The van der Waals surface area contributed by atoms with Crippen LogP contribution in [0, 0.1) is 12.7 Å². The van der Waals surface area contributed by atoms with E-state index in [9.17, 15) is 9.18 Å². The summed E-state index contributed by atoms with van der Waals surface area (Å²) in [6.45, 7) is 4.35. The van der Waals surface area contributed by atoms with E-state index in [0.717, 1.165) is 5.56 Å². The molecule has 3 nitrogen and oxygen atoms in total. The number of aryl methyl sites for hydroxylation is 1. The van der Waals surface area contributed by atoms with Gasteiger partial charge in [-0.1, -0.05) is 19.1 Å². The number of hydrogen-bond acceptors (Lipinski definition) is 3. The summed E-state index contributed by atoms with van der Waals surface area (Å²) in [5.41, 5.74) is 1.36. The van der Waals surface area contributed by atoms with Crippen molar-refractivity contribution in [3.05, 3.63) is 35.1 Å². The van der Waals surface area contributed by atoms with Crippen molar-refractivity contribution in [2.24, 2.45) is 0 Å². The molecule has 0 saturated heterocycles. The molecule has 0 amide bonds. The van der Waals surface area contributed by atoms with Crippen molar-refractivity contribution in [1.82, 2.24) is 5.32 Å². The number of hydrogen-bond donors (Lipinski definition) is 1. The molecule has 0 aromatic heterocycles. The van der Waals surface area contributed by atoms with Crippen molar-refractivity contribution in [2.75, 3.05) is 13.7 Å². The molecule has 0 spiro atoms. The van der Waals surface area contributed by atoms with Crippen molar-refractivity contribution < 1.29 is 13.9 Å². The smallest absolute Gasteiger partial charge is 0.307 e. The normalized spacial score (nSPS) is 12.2. The molecule has 1 N–H and O–H groups in total. The van der Waals surface area contributed by atoms with E-state index in [4.69, 9.17) is 0 Å². The number of methoxy groups -OCH3 is 1. The van der Waals surface area contributed by atoms with Gasteiger partial charge in [0.2, 0.25) is 0 Å². The van der Waals surface area contributed by atoms with Gasteiger partial charge in [-0.05, 0) is 30.7 Å². The Kier molecular flexibility index (Phi) is 5.10. The molecule has 0 bridgehead atoms. The third-order valence-corrected chi connectivity index (χ3v) is 2.65. The van der Waals surface area contributed by atoms with Crippen LogP contribution < -0.4 is 5.32 Å². The molecule has 0 aliphatic heterocycles. The molecule has 0 heterocycles. The van der Waals surface area contributed by atoms with Crippen LogP contribution in [0.3, 0.4) is 0 Å². The Labute approximate surface area is 101 Å². The highest BCUT2D eigenvalue weighted by Crippen LogP contribution is 2.20. The predicted molar refractivity (Wildman–Crippen MR) is 64.2 cm³/mol. The molecule has 0 fully saturated rings. The zero-order valence-corrected chi connectivity index (χ0v) is 10.4. The summed E-state index contributed by atoms with van der Waals surface area (Å²) in [4.78, 5) is 11.3. The molecule has 4 heteroatoms. The largest absolute Gasteiger partial charge is 0.469 e.